The van der Waals surface area contributed by atoms with Gasteiger partial charge in [0.25, 0.3) is 0 Å². The molecular weight excluding hydrogens is 476 g/mol. The largest absolute Gasteiger partial charge is 0.457 e. The fourth-order valence-electron chi connectivity index (χ4n) is 5.76. The predicted octanol–water partition coefficient (Wildman–Crippen LogP) is 7.67. The summed E-state index contributed by atoms with van der Waals surface area (Å²) in [6, 6.07) is 27.3. The smallest absolute Gasteiger partial charge is 0.174 e. The van der Waals surface area contributed by atoms with Crippen LogP contribution in [0.2, 0.25) is 0 Å². The van der Waals surface area contributed by atoms with E-state index >= 15 is 0 Å². The van der Waals surface area contributed by atoms with Crippen molar-refractivity contribution < 1.29 is 4.74 Å². The SMILES string of the molecule is Cc1ccccc1Oc1ccc(N2C(=S)NC(c3ccccn3)C2c2cccn2C2CCCCC2)cc1. The molecule has 2 atom stereocenters. The summed E-state index contributed by atoms with van der Waals surface area (Å²) in [4.78, 5) is 6.97. The number of hydrogen-bond acceptors (Lipinski definition) is 3. The number of rotatable bonds is 6. The molecular formula is C31H32N4OS. The number of nitrogens with zero attached hydrogens (tertiary/aromatic N) is 3. The van der Waals surface area contributed by atoms with Crippen LogP contribution in [0.25, 0.3) is 0 Å². The van der Waals surface area contributed by atoms with E-state index in [9.17, 15) is 0 Å². The van der Waals surface area contributed by atoms with Crippen LogP contribution in [0.1, 0.15) is 67.2 Å². The summed E-state index contributed by atoms with van der Waals surface area (Å²) in [6.45, 7) is 2.06. The van der Waals surface area contributed by atoms with Crippen LogP contribution in [-0.4, -0.2) is 14.7 Å². The minimum atomic E-state index is -0.0474. The average molecular weight is 509 g/mol. The highest BCUT2D eigenvalue weighted by molar-refractivity contribution is 7.80. The van der Waals surface area contributed by atoms with E-state index in [1.807, 2.05) is 48.7 Å². The molecule has 2 aromatic heterocycles. The fraction of sp³-hybridized carbons (Fsp3) is 0.290. The summed E-state index contributed by atoms with van der Waals surface area (Å²) < 4.78 is 8.66. The van der Waals surface area contributed by atoms with Gasteiger partial charge >= 0.3 is 0 Å². The Kier molecular flexibility index (Phi) is 6.66. The number of para-hydroxylation sites is 1. The van der Waals surface area contributed by atoms with Gasteiger partial charge in [0.1, 0.15) is 17.5 Å². The quantitative estimate of drug-likeness (QED) is 0.271. The van der Waals surface area contributed by atoms with E-state index in [0.29, 0.717) is 11.2 Å². The lowest BCUT2D eigenvalue weighted by atomic mass is 9.94. The van der Waals surface area contributed by atoms with Gasteiger partial charge in [0.2, 0.25) is 0 Å². The van der Waals surface area contributed by atoms with Gasteiger partial charge in [0.15, 0.2) is 5.11 Å². The van der Waals surface area contributed by atoms with Gasteiger partial charge in [-0.05, 0) is 92.1 Å². The molecule has 1 aliphatic carbocycles. The van der Waals surface area contributed by atoms with Crippen LogP contribution >= 0.6 is 12.2 Å². The zero-order valence-corrected chi connectivity index (χ0v) is 21.9. The molecule has 5 nitrogen and oxygen atoms in total. The summed E-state index contributed by atoms with van der Waals surface area (Å²) in [7, 11) is 0. The first-order valence-corrected chi connectivity index (χ1v) is 13.6. The Bertz CT molecular complexity index is 1360. The van der Waals surface area contributed by atoms with Crippen molar-refractivity contribution in [1.82, 2.24) is 14.9 Å². The van der Waals surface area contributed by atoms with Crippen molar-refractivity contribution in [3.8, 4) is 11.5 Å². The zero-order chi connectivity index (χ0) is 25.2. The van der Waals surface area contributed by atoms with E-state index in [1.54, 1.807) is 0 Å². The number of nitrogens with one attached hydrogen (secondary N) is 1. The highest BCUT2D eigenvalue weighted by atomic mass is 32.1. The minimum Gasteiger partial charge on any atom is -0.457 e. The molecule has 2 aromatic carbocycles. The second kappa shape index (κ2) is 10.4. The third kappa shape index (κ3) is 4.74. The van der Waals surface area contributed by atoms with Crippen molar-refractivity contribution in [2.75, 3.05) is 4.90 Å². The van der Waals surface area contributed by atoms with Gasteiger partial charge in [-0.1, -0.05) is 43.5 Å². The zero-order valence-electron chi connectivity index (χ0n) is 21.1. The van der Waals surface area contributed by atoms with Crippen molar-refractivity contribution in [3.63, 3.8) is 0 Å². The van der Waals surface area contributed by atoms with E-state index in [1.165, 1.54) is 37.8 Å². The first-order valence-electron chi connectivity index (χ1n) is 13.2. The van der Waals surface area contributed by atoms with Gasteiger partial charge in [0.05, 0.1) is 11.7 Å². The number of thiocarbonyl (C=S) groups is 1. The number of pyridine rings is 1. The molecule has 1 N–H and O–H groups in total. The van der Waals surface area contributed by atoms with Gasteiger partial charge in [-0.25, -0.2) is 0 Å². The highest BCUT2D eigenvalue weighted by Crippen LogP contribution is 2.44. The topological polar surface area (TPSA) is 42.3 Å². The number of anilines is 1. The van der Waals surface area contributed by atoms with Gasteiger partial charge < -0.3 is 19.5 Å². The Morgan fingerprint density at radius 3 is 2.43 bits per heavy atom. The molecule has 4 aromatic rings. The lowest BCUT2D eigenvalue weighted by molar-refractivity contribution is 0.340. The monoisotopic (exact) mass is 508 g/mol. The summed E-state index contributed by atoms with van der Waals surface area (Å²) in [6.07, 6.45) is 10.5. The van der Waals surface area contributed by atoms with E-state index in [4.69, 9.17) is 21.9 Å². The van der Waals surface area contributed by atoms with E-state index in [2.05, 4.69) is 64.3 Å². The van der Waals surface area contributed by atoms with Crippen LogP contribution in [0.4, 0.5) is 5.69 Å². The first kappa shape index (κ1) is 23.7. The third-order valence-electron chi connectivity index (χ3n) is 7.62. The lowest BCUT2D eigenvalue weighted by Gasteiger charge is -2.32. The Balaban J connectivity index is 1.36. The molecule has 0 radical (unpaired) electrons. The molecule has 1 aliphatic heterocycles. The number of aryl methyl sites for hydroxylation is 1. The van der Waals surface area contributed by atoms with Crippen molar-refractivity contribution in [3.05, 3.63) is 108 Å². The molecule has 6 rings (SSSR count). The molecule has 0 bridgehead atoms. The lowest BCUT2D eigenvalue weighted by Crippen LogP contribution is -2.31. The summed E-state index contributed by atoms with van der Waals surface area (Å²) in [5.41, 5.74) is 4.41. The van der Waals surface area contributed by atoms with Crippen LogP contribution in [-0.2, 0) is 0 Å². The molecule has 1 saturated heterocycles. The number of aromatic nitrogens is 2. The molecule has 188 valence electrons. The number of benzene rings is 2. The summed E-state index contributed by atoms with van der Waals surface area (Å²) in [5, 5.41) is 4.31. The second-order valence-corrected chi connectivity index (χ2v) is 10.4. The van der Waals surface area contributed by atoms with E-state index in [-0.39, 0.29) is 12.1 Å². The third-order valence-corrected chi connectivity index (χ3v) is 7.93. The van der Waals surface area contributed by atoms with Gasteiger partial charge in [-0.2, -0.15) is 0 Å². The molecule has 2 unspecified atom stereocenters. The van der Waals surface area contributed by atoms with Gasteiger partial charge in [-0.3, -0.25) is 4.98 Å². The standard InChI is InChI=1S/C31H32N4OS/c1-22-10-5-6-15-28(22)36-25-18-16-24(17-19-25)35-30(29(33-31(35)37)26-13-7-8-20-32-26)27-14-9-21-34(27)23-11-3-2-4-12-23/h5-10,13-21,23,29-30H,2-4,11-12H2,1H3,(H,33,37). The molecule has 37 heavy (non-hydrogen) atoms. The molecule has 0 amide bonds. The van der Waals surface area contributed by atoms with Crippen LogP contribution in [0.3, 0.4) is 0 Å². The first-order chi connectivity index (χ1) is 18.2. The molecule has 3 heterocycles. The molecule has 2 aliphatic rings. The van der Waals surface area contributed by atoms with E-state index < -0.39 is 0 Å². The summed E-state index contributed by atoms with van der Waals surface area (Å²) >= 11 is 5.95. The maximum atomic E-state index is 6.16. The number of ether oxygens (including phenoxy) is 1. The Hall–Kier alpha value is -3.64. The van der Waals surface area contributed by atoms with Crippen molar-refractivity contribution in [1.29, 1.82) is 0 Å². The normalized spacial score (nSPS) is 20.1. The van der Waals surface area contributed by atoms with Crippen molar-refractivity contribution in [2.45, 2.75) is 57.2 Å². The fourth-order valence-corrected chi connectivity index (χ4v) is 6.10. The van der Waals surface area contributed by atoms with Crippen LogP contribution in [0.15, 0.2) is 91.3 Å². The maximum absolute atomic E-state index is 6.16. The van der Waals surface area contributed by atoms with Crippen LogP contribution < -0.4 is 15.0 Å². The Morgan fingerprint density at radius 1 is 0.892 bits per heavy atom. The second-order valence-electron chi connectivity index (χ2n) is 9.99. The Morgan fingerprint density at radius 2 is 1.68 bits per heavy atom. The van der Waals surface area contributed by atoms with Crippen LogP contribution in [0.5, 0.6) is 11.5 Å². The van der Waals surface area contributed by atoms with Crippen molar-refractivity contribution >= 4 is 23.0 Å². The summed E-state index contributed by atoms with van der Waals surface area (Å²) in [5.74, 6) is 1.67. The van der Waals surface area contributed by atoms with Gasteiger partial charge in [-0.15, -0.1) is 0 Å². The predicted molar refractivity (Wildman–Crippen MR) is 152 cm³/mol. The number of hydrogen-bond donors (Lipinski definition) is 1. The highest BCUT2D eigenvalue weighted by Gasteiger charge is 2.42. The van der Waals surface area contributed by atoms with Crippen molar-refractivity contribution in [2.24, 2.45) is 0 Å². The molecule has 1 saturated carbocycles. The molecule has 0 spiro atoms. The maximum Gasteiger partial charge on any atom is 0.174 e. The molecule has 2 fully saturated rings. The Labute approximate surface area is 224 Å². The molecule has 6 heteroatoms. The average Bonchev–Trinajstić information content (AvgIpc) is 3.56. The van der Waals surface area contributed by atoms with E-state index in [0.717, 1.165) is 28.4 Å². The minimum absolute atomic E-state index is 0.0116. The van der Waals surface area contributed by atoms with Crippen LogP contribution in [0, 0.1) is 6.92 Å². The van der Waals surface area contributed by atoms with Gasteiger partial charge in [0, 0.05) is 29.8 Å².